The van der Waals surface area contributed by atoms with Crippen LogP contribution >= 0.6 is 43.2 Å². The molecule has 0 bridgehead atoms. The Hall–Kier alpha value is -1.05. The molecule has 0 spiro atoms. The van der Waals surface area contributed by atoms with Gasteiger partial charge in [-0.2, -0.15) is 0 Å². The fraction of sp³-hybridized carbons (Fsp3) is 0.353. The molecule has 2 aromatic rings. The highest BCUT2D eigenvalue weighted by molar-refractivity contribution is 9.13. The summed E-state index contributed by atoms with van der Waals surface area (Å²) in [6.45, 7) is 1.94. The van der Waals surface area contributed by atoms with Crippen LogP contribution in [0, 0.1) is 0 Å². The van der Waals surface area contributed by atoms with E-state index >= 15 is 0 Å². The second kappa shape index (κ2) is 6.69. The topological polar surface area (TPSA) is 38.8 Å². The predicted molar refractivity (Wildman–Crippen MR) is 100 cm³/mol. The van der Waals surface area contributed by atoms with Crippen LogP contribution in [0.1, 0.15) is 34.1 Å². The molecule has 4 nitrogen and oxygen atoms in total. The fourth-order valence-electron chi connectivity index (χ4n) is 3.22. The molecule has 1 saturated heterocycles. The van der Waals surface area contributed by atoms with E-state index in [1.54, 1.807) is 0 Å². The Morgan fingerprint density at radius 2 is 1.96 bits per heavy atom. The molecule has 2 aliphatic heterocycles. The van der Waals surface area contributed by atoms with E-state index in [1.165, 1.54) is 11.3 Å². The second-order valence-electron chi connectivity index (χ2n) is 5.79. The van der Waals surface area contributed by atoms with Gasteiger partial charge in [-0.25, -0.2) is 0 Å². The number of halogens is 2. The van der Waals surface area contributed by atoms with Crippen LogP contribution in [0.3, 0.4) is 0 Å². The van der Waals surface area contributed by atoms with Gasteiger partial charge in [-0.05, 0) is 68.5 Å². The molecule has 1 atom stereocenters. The average Bonchev–Trinajstić information content (AvgIpc) is 3.21. The number of nitrogens with zero attached hydrogens (tertiary/aromatic N) is 1. The lowest BCUT2D eigenvalue weighted by molar-refractivity contribution is 0.0740. The highest BCUT2D eigenvalue weighted by Gasteiger charge is 2.32. The van der Waals surface area contributed by atoms with E-state index in [0.29, 0.717) is 13.2 Å². The van der Waals surface area contributed by atoms with Gasteiger partial charge in [0.05, 0.1) is 14.7 Å². The van der Waals surface area contributed by atoms with Crippen LogP contribution in [-0.4, -0.2) is 30.6 Å². The lowest BCUT2D eigenvalue weighted by Crippen LogP contribution is -2.30. The predicted octanol–water partition coefficient (Wildman–Crippen LogP) is 5.02. The van der Waals surface area contributed by atoms with Crippen LogP contribution in [0.15, 0.2) is 32.5 Å². The molecule has 0 aliphatic carbocycles. The van der Waals surface area contributed by atoms with Crippen molar-refractivity contribution in [2.45, 2.75) is 18.9 Å². The number of rotatable bonds is 2. The number of carbonyl (C=O) groups excluding carboxylic acids is 1. The van der Waals surface area contributed by atoms with Gasteiger partial charge in [-0.15, -0.1) is 11.3 Å². The Labute approximate surface area is 161 Å². The molecule has 1 unspecified atom stereocenters. The first kappa shape index (κ1) is 16.4. The van der Waals surface area contributed by atoms with E-state index in [0.717, 1.165) is 49.6 Å². The molecule has 1 amide bonds. The third-order valence-corrected chi connectivity index (χ3v) is 7.56. The van der Waals surface area contributed by atoms with Gasteiger partial charge in [0.25, 0.3) is 5.91 Å². The normalized spacial score (nSPS) is 19.6. The third kappa shape index (κ3) is 2.97. The van der Waals surface area contributed by atoms with Crippen LogP contribution in [0.5, 0.6) is 11.5 Å². The van der Waals surface area contributed by atoms with Gasteiger partial charge >= 0.3 is 0 Å². The van der Waals surface area contributed by atoms with Crippen molar-refractivity contribution in [3.05, 3.63) is 43.0 Å². The number of hydrogen-bond donors (Lipinski definition) is 0. The van der Waals surface area contributed by atoms with E-state index in [9.17, 15) is 4.79 Å². The molecular formula is C17H15Br2NO3S. The molecular weight excluding hydrogens is 458 g/mol. The average molecular weight is 473 g/mol. The minimum Gasteiger partial charge on any atom is -0.486 e. The zero-order valence-corrected chi connectivity index (χ0v) is 16.7. The number of hydrogen-bond acceptors (Lipinski definition) is 4. The summed E-state index contributed by atoms with van der Waals surface area (Å²) >= 11 is 8.38. The smallest absolute Gasteiger partial charge is 0.264 e. The maximum Gasteiger partial charge on any atom is 0.264 e. The summed E-state index contributed by atoms with van der Waals surface area (Å²) in [7, 11) is 0. The minimum absolute atomic E-state index is 0.0868. The molecule has 0 N–H and O–H groups in total. The summed E-state index contributed by atoms with van der Waals surface area (Å²) < 4.78 is 13.1. The maximum atomic E-state index is 12.9. The highest BCUT2D eigenvalue weighted by atomic mass is 79.9. The molecule has 1 aromatic heterocycles. The van der Waals surface area contributed by atoms with E-state index in [2.05, 4.69) is 31.9 Å². The highest BCUT2D eigenvalue weighted by Crippen LogP contribution is 2.40. The van der Waals surface area contributed by atoms with Crippen molar-refractivity contribution in [1.29, 1.82) is 0 Å². The molecule has 1 fully saturated rings. The van der Waals surface area contributed by atoms with Crippen molar-refractivity contribution in [2.75, 3.05) is 19.8 Å². The van der Waals surface area contributed by atoms with Gasteiger partial charge in [0.15, 0.2) is 11.5 Å². The molecule has 126 valence electrons. The lowest BCUT2D eigenvalue weighted by atomic mass is 10.0. The first-order valence-corrected chi connectivity index (χ1v) is 10.2. The van der Waals surface area contributed by atoms with Crippen molar-refractivity contribution in [3.8, 4) is 11.5 Å². The second-order valence-corrected chi connectivity index (χ2v) is 9.02. The summed E-state index contributed by atoms with van der Waals surface area (Å²) in [5.41, 5.74) is 1.11. The summed E-state index contributed by atoms with van der Waals surface area (Å²) in [6.07, 6.45) is 1.98. The summed E-state index contributed by atoms with van der Waals surface area (Å²) in [5.74, 6) is 1.65. The first-order valence-electron chi connectivity index (χ1n) is 7.79. The minimum atomic E-state index is 0.0868. The molecule has 4 rings (SSSR count). The van der Waals surface area contributed by atoms with Gasteiger partial charge in [-0.3, -0.25) is 4.79 Å². The van der Waals surface area contributed by atoms with Crippen molar-refractivity contribution >= 4 is 49.1 Å². The van der Waals surface area contributed by atoms with Gasteiger partial charge in [0.2, 0.25) is 0 Å². The number of thiophene rings is 1. The molecule has 0 saturated carbocycles. The molecule has 24 heavy (non-hydrogen) atoms. The van der Waals surface area contributed by atoms with Gasteiger partial charge < -0.3 is 14.4 Å². The zero-order valence-electron chi connectivity index (χ0n) is 12.8. The first-order chi connectivity index (χ1) is 11.6. The van der Waals surface area contributed by atoms with Crippen LogP contribution in [-0.2, 0) is 0 Å². The quantitative estimate of drug-likeness (QED) is 0.615. The van der Waals surface area contributed by atoms with E-state index < -0.39 is 0 Å². The summed E-state index contributed by atoms with van der Waals surface area (Å²) in [4.78, 5) is 15.6. The third-order valence-electron chi connectivity index (χ3n) is 4.32. The SMILES string of the molecule is O=C(c1cc(Br)c(Br)s1)N1CCCC1c1ccc2c(c1)OCCO2. The molecule has 7 heteroatoms. The van der Waals surface area contributed by atoms with Crippen LogP contribution < -0.4 is 9.47 Å². The zero-order chi connectivity index (χ0) is 16.7. The number of carbonyl (C=O) groups is 1. The van der Waals surface area contributed by atoms with Gasteiger partial charge in [-0.1, -0.05) is 6.07 Å². The number of benzene rings is 1. The van der Waals surface area contributed by atoms with Crippen molar-refractivity contribution < 1.29 is 14.3 Å². The van der Waals surface area contributed by atoms with Crippen molar-refractivity contribution in [2.24, 2.45) is 0 Å². The number of amides is 1. The Bertz CT molecular complexity index is 773. The standard InChI is InChI=1S/C17H15Br2NO3S/c18-11-9-15(24-16(11)19)17(21)20-5-1-2-12(20)10-3-4-13-14(8-10)23-7-6-22-13/h3-4,8-9,12H,1-2,5-7H2. The number of ether oxygens (including phenoxy) is 2. The lowest BCUT2D eigenvalue weighted by Gasteiger charge is -2.26. The largest absolute Gasteiger partial charge is 0.486 e. The summed E-state index contributed by atoms with van der Waals surface area (Å²) in [6, 6.07) is 7.99. The number of fused-ring (bicyclic) bond motifs is 1. The van der Waals surface area contributed by atoms with Crippen LogP contribution in [0.2, 0.25) is 0 Å². The van der Waals surface area contributed by atoms with E-state index in [-0.39, 0.29) is 11.9 Å². The van der Waals surface area contributed by atoms with Crippen molar-refractivity contribution in [3.63, 3.8) is 0 Å². The van der Waals surface area contributed by atoms with E-state index in [1.807, 2.05) is 29.2 Å². The fourth-order valence-corrected chi connectivity index (χ4v) is 5.21. The van der Waals surface area contributed by atoms with E-state index in [4.69, 9.17) is 9.47 Å². The monoisotopic (exact) mass is 471 g/mol. The number of likely N-dealkylation sites (tertiary alicyclic amines) is 1. The van der Waals surface area contributed by atoms with Crippen LogP contribution in [0.4, 0.5) is 0 Å². The Morgan fingerprint density at radius 3 is 2.71 bits per heavy atom. The molecule has 3 heterocycles. The molecule has 1 aromatic carbocycles. The van der Waals surface area contributed by atoms with Gasteiger partial charge in [0.1, 0.15) is 13.2 Å². The summed E-state index contributed by atoms with van der Waals surface area (Å²) in [5, 5.41) is 0. The Morgan fingerprint density at radius 1 is 1.17 bits per heavy atom. The van der Waals surface area contributed by atoms with Crippen molar-refractivity contribution in [1.82, 2.24) is 4.90 Å². The van der Waals surface area contributed by atoms with Crippen LogP contribution in [0.25, 0.3) is 0 Å². The molecule has 2 aliphatic rings. The maximum absolute atomic E-state index is 12.9. The Kier molecular flexibility index (Phi) is 4.58. The molecule has 0 radical (unpaired) electrons. The van der Waals surface area contributed by atoms with Gasteiger partial charge in [0, 0.05) is 11.0 Å². The Balaban J connectivity index is 1.61.